The zero-order valence-electron chi connectivity index (χ0n) is 11.9. The number of nitro groups is 1. The topological polar surface area (TPSA) is 63.5 Å². The minimum Gasteiger partial charge on any atom is -0.338 e. The lowest BCUT2D eigenvalue weighted by molar-refractivity contribution is -0.384. The molecule has 0 bridgehead atoms. The van der Waals surface area contributed by atoms with E-state index in [1.165, 1.54) is 12.1 Å². The van der Waals surface area contributed by atoms with Crippen molar-refractivity contribution in [1.82, 2.24) is 4.90 Å². The molecule has 2 rings (SSSR count). The minimum atomic E-state index is -0.634. The maximum absolute atomic E-state index is 12.5. The molecule has 1 fully saturated rings. The van der Waals surface area contributed by atoms with Crippen LogP contribution in [0, 0.1) is 15.5 Å². The van der Waals surface area contributed by atoms with Crippen LogP contribution in [0.3, 0.4) is 0 Å². The van der Waals surface area contributed by atoms with Crippen LogP contribution in [0.2, 0.25) is 10.0 Å². The van der Waals surface area contributed by atoms with Crippen LogP contribution in [0.15, 0.2) is 12.1 Å². The summed E-state index contributed by atoms with van der Waals surface area (Å²) in [7, 11) is 0. The Kier molecular flexibility index (Phi) is 4.44. The number of halogens is 2. The van der Waals surface area contributed by atoms with Gasteiger partial charge in [-0.25, -0.2) is 0 Å². The summed E-state index contributed by atoms with van der Waals surface area (Å²) in [6, 6.07) is 2.58. The lowest BCUT2D eigenvalue weighted by atomic mass is 9.84. The molecule has 1 aliphatic heterocycles. The highest BCUT2D eigenvalue weighted by Gasteiger charge is 2.30. The molecule has 1 saturated heterocycles. The summed E-state index contributed by atoms with van der Waals surface area (Å²) in [4.78, 5) is 24.6. The number of carbonyl (C=O) groups excluding carboxylic acids is 1. The fraction of sp³-hybridized carbons (Fsp3) is 0.500. The van der Waals surface area contributed by atoms with Crippen LogP contribution in [0.1, 0.15) is 37.0 Å². The molecule has 0 unspecified atom stereocenters. The first-order chi connectivity index (χ1) is 9.71. The van der Waals surface area contributed by atoms with Gasteiger partial charge in [0.05, 0.1) is 9.95 Å². The Morgan fingerprint density at radius 3 is 2.62 bits per heavy atom. The number of nitro benzene ring substituents is 1. The van der Waals surface area contributed by atoms with Crippen LogP contribution in [0.5, 0.6) is 0 Å². The monoisotopic (exact) mass is 330 g/mol. The molecule has 114 valence electrons. The summed E-state index contributed by atoms with van der Waals surface area (Å²) in [6.45, 7) is 5.48. The molecule has 0 spiro atoms. The van der Waals surface area contributed by atoms with E-state index in [1.54, 1.807) is 4.90 Å². The first kappa shape index (κ1) is 16.0. The first-order valence-corrected chi connectivity index (χ1v) is 7.39. The second-order valence-corrected chi connectivity index (χ2v) is 6.83. The summed E-state index contributed by atoms with van der Waals surface area (Å²) in [5.41, 5.74) is -0.0895. The van der Waals surface area contributed by atoms with Gasteiger partial charge in [0.15, 0.2) is 0 Å². The van der Waals surface area contributed by atoms with E-state index in [0.717, 1.165) is 12.8 Å². The SMILES string of the molecule is CC1(C)CCCN(C(=O)c2cc(Cl)c(Cl)c([N+](=O)[O-])c2)C1. The molecular formula is C14H16Cl2N2O3. The van der Waals surface area contributed by atoms with E-state index in [2.05, 4.69) is 13.8 Å². The van der Waals surface area contributed by atoms with Gasteiger partial charge >= 0.3 is 0 Å². The third kappa shape index (κ3) is 3.47. The lowest BCUT2D eigenvalue weighted by Gasteiger charge is -2.38. The van der Waals surface area contributed by atoms with Crippen molar-refractivity contribution in [3.8, 4) is 0 Å². The second kappa shape index (κ2) is 5.81. The minimum absolute atomic E-state index is 0.0190. The molecule has 1 heterocycles. The van der Waals surface area contributed by atoms with Crippen molar-refractivity contribution in [1.29, 1.82) is 0 Å². The highest BCUT2D eigenvalue weighted by molar-refractivity contribution is 6.43. The van der Waals surface area contributed by atoms with E-state index in [0.29, 0.717) is 13.1 Å². The van der Waals surface area contributed by atoms with Crippen molar-refractivity contribution in [3.63, 3.8) is 0 Å². The molecule has 1 aromatic carbocycles. The van der Waals surface area contributed by atoms with E-state index in [-0.39, 0.29) is 32.6 Å². The number of rotatable bonds is 2. The van der Waals surface area contributed by atoms with Crippen LogP contribution in [0.25, 0.3) is 0 Å². The number of amides is 1. The average Bonchev–Trinajstić information content (AvgIpc) is 2.39. The Bertz CT molecular complexity index is 602. The molecule has 0 saturated carbocycles. The normalized spacial score (nSPS) is 17.6. The standard InChI is InChI=1S/C14H16Cl2N2O3/c1-14(2)4-3-5-17(8-14)13(19)9-6-10(15)12(16)11(7-9)18(20)21/h6-7H,3-5,8H2,1-2H3. The first-order valence-electron chi connectivity index (χ1n) is 6.64. The number of carbonyl (C=O) groups is 1. The van der Waals surface area contributed by atoms with E-state index >= 15 is 0 Å². The van der Waals surface area contributed by atoms with Crippen LogP contribution in [-0.2, 0) is 0 Å². The molecule has 1 amide bonds. The highest BCUT2D eigenvalue weighted by Crippen LogP contribution is 2.34. The smallest absolute Gasteiger partial charge is 0.290 e. The van der Waals surface area contributed by atoms with Crippen LogP contribution in [-0.4, -0.2) is 28.8 Å². The van der Waals surface area contributed by atoms with Gasteiger partial charge in [-0.15, -0.1) is 0 Å². The summed E-state index contributed by atoms with van der Waals surface area (Å²) >= 11 is 11.7. The molecule has 0 aromatic heterocycles. The quantitative estimate of drug-likeness (QED) is 0.604. The van der Waals surface area contributed by atoms with Crippen LogP contribution < -0.4 is 0 Å². The predicted molar refractivity (Wildman–Crippen MR) is 82.0 cm³/mol. The fourth-order valence-electron chi connectivity index (χ4n) is 2.61. The molecule has 0 atom stereocenters. The van der Waals surface area contributed by atoms with E-state index < -0.39 is 4.92 Å². The van der Waals surface area contributed by atoms with Crippen molar-refractivity contribution in [2.45, 2.75) is 26.7 Å². The number of benzene rings is 1. The summed E-state index contributed by atoms with van der Waals surface area (Å²) in [6.07, 6.45) is 1.97. The van der Waals surface area contributed by atoms with E-state index in [1.807, 2.05) is 0 Å². The van der Waals surface area contributed by atoms with E-state index in [4.69, 9.17) is 23.2 Å². The Morgan fingerprint density at radius 1 is 1.38 bits per heavy atom. The largest absolute Gasteiger partial charge is 0.338 e. The molecule has 1 aliphatic rings. The van der Waals surface area contributed by atoms with Crippen molar-refractivity contribution in [2.24, 2.45) is 5.41 Å². The Morgan fingerprint density at radius 2 is 2.05 bits per heavy atom. The lowest BCUT2D eigenvalue weighted by Crippen LogP contribution is -2.43. The van der Waals surface area contributed by atoms with Gasteiger partial charge in [-0.3, -0.25) is 14.9 Å². The summed E-state index contributed by atoms with van der Waals surface area (Å²) < 4.78 is 0. The maximum atomic E-state index is 12.5. The van der Waals surface area contributed by atoms with Gasteiger partial charge in [-0.2, -0.15) is 0 Å². The molecular weight excluding hydrogens is 315 g/mol. The number of nitrogens with zero attached hydrogens (tertiary/aromatic N) is 2. The van der Waals surface area contributed by atoms with Gasteiger partial charge < -0.3 is 4.90 Å². The molecule has 1 aromatic rings. The number of hydrogen-bond donors (Lipinski definition) is 0. The molecule has 5 nitrogen and oxygen atoms in total. The van der Waals surface area contributed by atoms with Gasteiger partial charge in [0, 0.05) is 24.7 Å². The van der Waals surface area contributed by atoms with Gasteiger partial charge in [0.25, 0.3) is 11.6 Å². The highest BCUT2D eigenvalue weighted by atomic mass is 35.5. The van der Waals surface area contributed by atoms with Gasteiger partial charge in [-0.1, -0.05) is 37.0 Å². The summed E-state index contributed by atoms with van der Waals surface area (Å²) in [5.74, 6) is -0.246. The van der Waals surface area contributed by atoms with Gasteiger partial charge in [-0.05, 0) is 24.3 Å². The van der Waals surface area contributed by atoms with Crippen LogP contribution in [0.4, 0.5) is 5.69 Å². The summed E-state index contributed by atoms with van der Waals surface area (Å²) in [5, 5.41) is 10.8. The number of piperidine rings is 1. The molecule has 0 N–H and O–H groups in total. The molecule has 0 radical (unpaired) electrons. The Labute approximate surface area is 133 Å². The zero-order chi connectivity index (χ0) is 15.8. The Hall–Kier alpha value is -1.33. The van der Waals surface area contributed by atoms with E-state index in [9.17, 15) is 14.9 Å². The predicted octanol–water partition coefficient (Wildman–Crippen LogP) is 4.16. The second-order valence-electron chi connectivity index (χ2n) is 6.04. The average molecular weight is 331 g/mol. The zero-order valence-corrected chi connectivity index (χ0v) is 13.4. The van der Waals surface area contributed by atoms with Gasteiger partial charge in [0.2, 0.25) is 0 Å². The fourth-order valence-corrected chi connectivity index (χ4v) is 3.00. The van der Waals surface area contributed by atoms with Crippen molar-refractivity contribution >= 4 is 34.8 Å². The number of likely N-dealkylation sites (tertiary alicyclic amines) is 1. The van der Waals surface area contributed by atoms with Crippen molar-refractivity contribution < 1.29 is 9.72 Å². The molecule has 7 heteroatoms. The third-order valence-corrected chi connectivity index (χ3v) is 4.43. The third-order valence-electron chi connectivity index (χ3n) is 3.64. The van der Waals surface area contributed by atoms with Crippen molar-refractivity contribution in [3.05, 3.63) is 37.9 Å². The maximum Gasteiger partial charge on any atom is 0.290 e. The van der Waals surface area contributed by atoms with Crippen molar-refractivity contribution in [2.75, 3.05) is 13.1 Å². The molecule has 21 heavy (non-hydrogen) atoms. The molecule has 0 aliphatic carbocycles. The van der Waals surface area contributed by atoms with Gasteiger partial charge in [0.1, 0.15) is 5.02 Å². The van der Waals surface area contributed by atoms with Crippen LogP contribution >= 0.6 is 23.2 Å². The Balaban J connectivity index is 2.33. The number of hydrogen-bond acceptors (Lipinski definition) is 3.